The Hall–Kier alpha value is -3.24. The van der Waals surface area contributed by atoms with Gasteiger partial charge in [0.25, 0.3) is 0 Å². The lowest BCUT2D eigenvalue weighted by Gasteiger charge is -2.35. The Morgan fingerprint density at radius 3 is 2.56 bits per heavy atom. The average molecular weight is 455 g/mol. The second-order valence-corrected chi connectivity index (χ2v) is 8.17. The van der Waals surface area contributed by atoms with Gasteiger partial charge in [-0.3, -0.25) is 4.57 Å². The van der Waals surface area contributed by atoms with Crippen molar-refractivity contribution in [3.8, 4) is 0 Å². The molecule has 5 nitrogen and oxygen atoms in total. The Bertz CT molecular complexity index is 1260. The van der Waals surface area contributed by atoms with Crippen molar-refractivity contribution >= 4 is 16.6 Å². The van der Waals surface area contributed by atoms with E-state index in [1.54, 1.807) is 19.9 Å². The highest BCUT2D eigenvalue weighted by Crippen LogP contribution is 2.40. The number of benzene rings is 1. The van der Waals surface area contributed by atoms with Gasteiger partial charge in [-0.25, -0.2) is 13.2 Å². The van der Waals surface area contributed by atoms with Gasteiger partial charge in [0.1, 0.15) is 17.5 Å². The number of aryl methyl sites for hydroxylation is 1. The van der Waals surface area contributed by atoms with Gasteiger partial charge in [-0.05, 0) is 44.5 Å². The van der Waals surface area contributed by atoms with Crippen molar-refractivity contribution in [1.82, 2.24) is 25.1 Å². The maximum atomic E-state index is 15.4. The summed E-state index contributed by atoms with van der Waals surface area (Å²) in [5, 5.41) is 10.8. The zero-order valence-corrected chi connectivity index (χ0v) is 17.3. The zero-order valence-electron chi connectivity index (χ0n) is 17.3. The Kier molecular flexibility index (Phi) is 5.09. The van der Waals surface area contributed by atoms with Crippen LogP contribution in [0.25, 0.3) is 16.6 Å². The number of rotatable bonds is 4. The molecule has 11 heteroatoms. The number of aromatic amines is 1. The molecule has 1 aliphatic rings. The highest BCUT2D eigenvalue weighted by molar-refractivity contribution is 5.83. The van der Waals surface area contributed by atoms with Gasteiger partial charge >= 0.3 is 6.18 Å². The second-order valence-electron chi connectivity index (χ2n) is 8.17. The first-order chi connectivity index (χ1) is 14.9. The number of alkyl halides is 3. The molecular formula is C21H19F6N5. The molecule has 0 fully saturated rings. The molecule has 0 atom stereocenters. The monoisotopic (exact) mass is 455 g/mol. The number of allylic oxidation sites excluding steroid dienone is 3. The van der Waals surface area contributed by atoms with Crippen LogP contribution in [0.15, 0.2) is 41.7 Å². The van der Waals surface area contributed by atoms with Crippen LogP contribution >= 0.6 is 0 Å². The van der Waals surface area contributed by atoms with E-state index in [0.29, 0.717) is 10.9 Å². The maximum absolute atomic E-state index is 15.4. The summed E-state index contributed by atoms with van der Waals surface area (Å²) >= 11 is 0. The van der Waals surface area contributed by atoms with E-state index >= 15 is 8.78 Å². The molecule has 0 amide bonds. The van der Waals surface area contributed by atoms with Crippen molar-refractivity contribution in [2.24, 2.45) is 0 Å². The summed E-state index contributed by atoms with van der Waals surface area (Å²) in [7, 11) is 0. The highest BCUT2D eigenvalue weighted by atomic mass is 19.4. The fourth-order valence-corrected chi connectivity index (χ4v) is 3.91. The molecule has 0 unspecified atom stereocenters. The molecule has 0 saturated carbocycles. The first kappa shape index (κ1) is 22.0. The SMILES string of the molecule is Cc1nnc2n1C(CC(F)(F)F)=C(/C(F)=C(/F)Cc1cc(F)cc3[nH]ccc13)NC2(C)C. The van der Waals surface area contributed by atoms with E-state index in [-0.39, 0.29) is 17.2 Å². The van der Waals surface area contributed by atoms with Crippen LogP contribution in [0.4, 0.5) is 26.3 Å². The van der Waals surface area contributed by atoms with Crippen LogP contribution in [-0.2, 0) is 12.0 Å². The fourth-order valence-electron chi connectivity index (χ4n) is 3.91. The molecule has 2 N–H and O–H groups in total. The van der Waals surface area contributed by atoms with Crippen molar-refractivity contribution in [3.05, 3.63) is 64.8 Å². The minimum atomic E-state index is -4.70. The quantitative estimate of drug-likeness (QED) is 0.507. The van der Waals surface area contributed by atoms with E-state index < -0.39 is 53.4 Å². The van der Waals surface area contributed by atoms with Crippen molar-refractivity contribution < 1.29 is 26.3 Å². The standard InChI is InChI=1S/C21H19F6N5/c1-10-30-31-19-20(2,3)29-18(16(32(10)19)9-21(25,26)27)17(24)14(23)7-11-6-12(22)8-15-13(11)4-5-28-15/h4-6,8,28-29H,7,9H2,1-3H3/b17-14-. The third-order valence-electron chi connectivity index (χ3n) is 5.27. The minimum absolute atomic E-state index is 0.110. The van der Waals surface area contributed by atoms with E-state index in [1.165, 1.54) is 19.2 Å². The van der Waals surface area contributed by atoms with Gasteiger partial charge in [0.15, 0.2) is 11.7 Å². The van der Waals surface area contributed by atoms with Gasteiger partial charge in [-0.15, -0.1) is 10.2 Å². The Labute approximate surface area is 178 Å². The van der Waals surface area contributed by atoms with Crippen LogP contribution in [0.5, 0.6) is 0 Å². The molecule has 170 valence electrons. The summed E-state index contributed by atoms with van der Waals surface area (Å²) in [6.07, 6.45) is -5.34. The molecule has 3 heterocycles. The number of hydrogen-bond donors (Lipinski definition) is 2. The molecular weight excluding hydrogens is 436 g/mol. The Balaban J connectivity index is 1.86. The molecule has 0 spiro atoms. The molecule has 0 aliphatic carbocycles. The van der Waals surface area contributed by atoms with E-state index in [0.717, 1.165) is 10.6 Å². The second kappa shape index (κ2) is 7.42. The van der Waals surface area contributed by atoms with Gasteiger partial charge in [0.05, 0.1) is 23.4 Å². The van der Waals surface area contributed by atoms with Crippen molar-refractivity contribution in [2.75, 3.05) is 0 Å². The van der Waals surface area contributed by atoms with Gasteiger partial charge in [0, 0.05) is 23.5 Å². The Morgan fingerprint density at radius 1 is 1.16 bits per heavy atom. The zero-order chi connectivity index (χ0) is 23.4. The number of fused-ring (bicyclic) bond motifs is 2. The maximum Gasteiger partial charge on any atom is 0.394 e. The van der Waals surface area contributed by atoms with Crippen LogP contribution in [0.1, 0.15) is 37.5 Å². The van der Waals surface area contributed by atoms with Gasteiger partial charge in [-0.1, -0.05) is 0 Å². The van der Waals surface area contributed by atoms with Crippen LogP contribution in [0.3, 0.4) is 0 Å². The van der Waals surface area contributed by atoms with Gasteiger partial charge in [0.2, 0.25) is 0 Å². The van der Waals surface area contributed by atoms with Crippen LogP contribution in [-0.4, -0.2) is 25.9 Å². The number of H-pyrrole nitrogens is 1. The molecule has 32 heavy (non-hydrogen) atoms. The predicted octanol–water partition coefficient (Wildman–Crippen LogP) is 5.56. The van der Waals surface area contributed by atoms with E-state index in [4.69, 9.17) is 0 Å². The molecule has 0 saturated heterocycles. The topological polar surface area (TPSA) is 58.5 Å². The number of nitrogens with zero attached hydrogens (tertiary/aromatic N) is 3. The van der Waals surface area contributed by atoms with Gasteiger partial charge < -0.3 is 10.3 Å². The van der Waals surface area contributed by atoms with Crippen molar-refractivity contribution in [3.63, 3.8) is 0 Å². The molecule has 1 aromatic carbocycles. The lowest BCUT2D eigenvalue weighted by Crippen LogP contribution is -2.44. The van der Waals surface area contributed by atoms with Crippen molar-refractivity contribution in [2.45, 2.75) is 45.3 Å². The average Bonchev–Trinajstić information content (AvgIpc) is 3.29. The fraction of sp³-hybridized carbons (Fsp3) is 0.333. The molecule has 2 aromatic heterocycles. The lowest BCUT2D eigenvalue weighted by molar-refractivity contribution is -0.124. The highest BCUT2D eigenvalue weighted by Gasteiger charge is 2.41. The van der Waals surface area contributed by atoms with Crippen molar-refractivity contribution in [1.29, 1.82) is 0 Å². The predicted molar refractivity (Wildman–Crippen MR) is 106 cm³/mol. The number of hydrogen-bond acceptors (Lipinski definition) is 3. The van der Waals surface area contributed by atoms with Crippen LogP contribution < -0.4 is 5.32 Å². The Morgan fingerprint density at radius 2 is 1.88 bits per heavy atom. The first-order valence-electron chi connectivity index (χ1n) is 9.68. The van der Waals surface area contributed by atoms with Gasteiger partial charge in [-0.2, -0.15) is 13.2 Å². The third-order valence-corrected chi connectivity index (χ3v) is 5.27. The summed E-state index contributed by atoms with van der Waals surface area (Å²) in [5.41, 5.74) is -1.76. The molecule has 0 radical (unpaired) electrons. The summed E-state index contributed by atoms with van der Waals surface area (Å²) < 4.78 is 85.4. The summed E-state index contributed by atoms with van der Waals surface area (Å²) in [4.78, 5) is 2.79. The summed E-state index contributed by atoms with van der Waals surface area (Å²) in [6.45, 7) is 4.57. The third kappa shape index (κ3) is 3.87. The summed E-state index contributed by atoms with van der Waals surface area (Å²) in [6, 6.07) is 3.86. The molecule has 1 aliphatic heterocycles. The summed E-state index contributed by atoms with van der Waals surface area (Å²) in [5.74, 6) is -3.21. The molecule has 0 bridgehead atoms. The van der Waals surface area contributed by atoms with Crippen LogP contribution in [0.2, 0.25) is 0 Å². The lowest BCUT2D eigenvalue weighted by atomic mass is 9.98. The molecule has 3 aromatic rings. The number of nitrogens with one attached hydrogen (secondary N) is 2. The number of halogens is 6. The van der Waals surface area contributed by atoms with E-state index in [9.17, 15) is 17.6 Å². The van der Waals surface area contributed by atoms with Crippen LogP contribution in [0, 0.1) is 12.7 Å². The minimum Gasteiger partial charge on any atom is -0.369 e. The molecule has 4 rings (SSSR count). The van der Waals surface area contributed by atoms with E-state index in [1.807, 2.05) is 0 Å². The normalized spacial score (nSPS) is 16.8. The smallest absolute Gasteiger partial charge is 0.369 e. The van der Waals surface area contributed by atoms with E-state index in [2.05, 4.69) is 20.5 Å². The number of aromatic nitrogens is 4. The first-order valence-corrected chi connectivity index (χ1v) is 9.68. The largest absolute Gasteiger partial charge is 0.394 e.